The zero-order valence-corrected chi connectivity index (χ0v) is 9.42. The van der Waals surface area contributed by atoms with Crippen molar-refractivity contribution < 1.29 is 19.4 Å². The molecule has 0 aliphatic rings. The molecular formula is C11H14N2O4. The number of hydrogen-bond donors (Lipinski definition) is 2. The Kier molecular flexibility index (Phi) is 5.09. The van der Waals surface area contributed by atoms with Gasteiger partial charge in [0, 0.05) is 12.4 Å². The maximum atomic E-state index is 11.5. The number of hydrogen-bond acceptors (Lipinski definition) is 5. The first kappa shape index (κ1) is 13.1. The summed E-state index contributed by atoms with van der Waals surface area (Å²) in [6.45, 7) is -0.495. The van der Waals surface area contributed by atoms with Crippen molar-refractivity contribution in [1.29, 1.82) is 0 Å². The third-order valence-corrected chi connectivity index (χ3v) is 2.09. The number of carbonyl (C=O) groups excluding carboxylic acids is 2. The molecule has 1 aromatic heterocycles. The van der Waals surface area contributed by atoms with Gasteiger partial charge in [0.05, 0.1) is 20.1 Å². The van der Waals surface area contributed by atoms with Crippen LogP contribution in [0.4, 0.5) is 0 Å². The average Bonchev–Trinajstić information content (AvgIpc) is 2.36. The van der Waals surface area contributed by atoms with Crippen LogP contribution in [0.2, 0.25) is 0 Å². The second-order valence-electron chi connectivity index (χ2n) is 3.36. The van der Waals surface area contributed by atoms with Gasteiger partial charge in [0.15, 0.2) is 6.04 Å². The lowest BCUT2D eigenvalue weighted by atomic mass is 10.2. The molecule has 1 aromatic rings. The second kappa shape index (κ2) is 6.59. The van der Waals surface area contributed by atoms with Gasteiger partial charge in [-0.2, -0.15) is 0 Å². The molecule has 0 radical (unpaired) electrons. The minimum Gasteiger partial charge on any atom is -0.467 e. The number of aromatic nitrogens is 1. The molecule has 6 nitrogen and oxygen atoms in total. The Labute approximate surface area is 98.6 Å². The highest BCUT2D eigenvalue weighted by Gasteiger charge is 2.20. The normalized spacial score (nSPS) is 11.6. The van der Waals surface area contributed by atoms with Crippen LogP contribution in [0.1, 0.15) is 5.56 Å². The Morgan fingerprint density at radius 2 is 2.35 bits per heavy atom. The van der Waals surface area contributed by atoms with E-state index in [2.05, 4.69) is 15.0 Å². The topological polar surface area (TPSA) is 88.5 Å². The van der Waals surface area contributed by atoms with Crippen LogP contribution in [0.3, 0.4) is 0 Å². The van der Waals surface area contributed by atoms with E-state index in [0.717, 1.165) is 5.56 Å². The van der Waals surface area contributed by atoms with Crippen molar-refractivity contribution in [1.82, 2.24) is 10.3 Å². The van der Waals surface area contributed by atoms with Gasteiger partial charge in [-0.1, -0.05) is 6.07 Å². The van der Waals surface area contributed by atoms with Crippen LogP contribution >= 0.6 is 0 Å². The number of nitrogens with one attached hydrogen (secondary N) is 1. The number of rotatable bonds is 5. The highest BCUT2D eigenvalue weighted by atomic mass is 16.5. The fraction of sp³-hybridized carbons (Fsp3) is 0.364. The van der Waals surface area contributed by atoms with Gasteiger partial charge in [0.1, 0.15) is 0 Å². The Morgan fingerprint density at radius 1 is 1.59 bits per heavy atom. The molecule has 1 atom stereocenters. The Bertz CT molecular complexity index is 380. The van der Waals surface area contributed by atoms with Crippen LogP contribution in [-0.4, -0.2) is 41.7 Å². The highest BCUT2D eigenvalue weighted by molar-refractivity contribution is 5.85. The summed E-state index contributed by atoms with van der Waals surface area (Å²) in [5.41, 5.74) is 0.728. The number of aliphatic hydroxyl groups excluding tert-OH is 1. The monoisotopic (exact) mass is 238 g/mol. The number of amides is 1. The van der Waals surface area contributed by atoms with E-state index in [1.807, 2.05) is 0 Å². The largest absolute Gasteiger partial charge is 0.467 e. The summed E-state index contributed by atoms with van der Waals surface area (Å²) in [4.78, 5) is 26.5. The number of ether oxygens (including phenoxy) is 1. The van der Waals surface area contributed by atoms with Crippen LogP contribution in [0.15, 0.2) is 24.5 Å². The van der Waals surface area contributed by atoms with E-state index in [-0.39, 0.29) is 12.3 Å². The fourth-order valence-corrected chi connectivity index (χ4v) is 1.25. The number of methoxy groups -OCH3 is 1. The van der Waals surface area contributed by atoms with Crippen molar-refractivity contribution in [2.45, 2.75) is 12.5 Å². The van der Waals surface area contributed by atoms with E-state index in [1.54, 1.807) is 24.5 Å². The Hall–Kier alpha value is -1.95. The number of carbonyl (C=O) groups is 2. The Morgan fingerprint density at radius 3 is 2.88 bits per heavy atom. The zero-order chi connectivity index (χ0) is 12.7. The summed E-state index contributed by atoms with van der Waals surface area (Å²) >= 11 is 0. The van der Waals surface area contributed by atoms with E-state index in [9.17, 15) is 9.59 Å². The lowest BCUT2D eigenvalue weighted by Crippen LogP contribution is -2.44. The lowest BCUT2D eigenvalue weighted by molar-refractivity contribution is -0.146. The molecule has 0 aliphatic heterocycles. The maximum absolute atomic E-state index is 11.5. The van der Waals surface area contributed by atoms with Crippen LogP contribution in [0.25, 0.3) is 0 Å². The molecule has 0 fully saturated rings. The quantitative estimate of drug-likeness (QED) is 0.660. The molecule has 1 amide bonds. The molecule has 2 N–H and O–H groups in total. The third kappa shape index (κ3) is 4.20. The molecule has 0 aliphatic carbocycles. The summed E-state index contributed by atoms with van der Waals surface area (Å²) in [5, 5.41) is 11.3. The second-order valence-corrected chi connectivity index (χ2v) is 3.36. The first-order valence-corrected chi connectivity index (χ1v) is 5.04. The summed E-state index contributed by atoms with van der Waals surface area (Å²) in [6.07, 6.45) is 3.26. The molecule has 0 spiro atoms. The summed E-state index contributed by atoms with van der Waals surface area (Å²) in [5.74, 6) is -1.05. The van der Waals surface area contributed by atoms with E-state index in [0.29, 0.717) is 0 Å². The van der Waals surface area contributed by atoms with Gasteiger partial charge in [0.2, 0.25) is 5.91 Å². The third-order valence-electron chi connectivity index (χ3n) is 2.09. The molecule has 0 bridgehead atoms. The highest BCUT2D eigenvalue weighted by Crippen LogP contribution is 1.97. The van der Waals surface area contributed by atoms with Crippen molar-refractivity contribution in [3.63, 3.8) is 0 Å². The van der Waals surface area contributed by atoms with Crippen LogP contribution in [0.5, 0.6) is 0 Å². The van der Waals surface area contributed by atoms with Gasteiger partial charge in [-0.3, -0.25) is 9.78 Å². The number of esters is 1. The smallest absolute Gasteiger partial charge is 0.330 e. The molecule has 92 valence electrons. The van der Waals surface area contributed by atoms with Crippen LogP contribution in [0, 0.1) is 0 Å². The standard InChI is InChI=1S/C11H14N2O4/c1-17-11(16)9(7-14)13-10(15)5-8-3-2-4-12-6-8/h2-4,6,9,14H,5,7H2,1H3,(H,13,15). The predicted molar refractivity (Wildman–Crippen MR) is 59.0 cm³/mol. The zero-order valence-electron chi connectivity index (χ0n) is 9.42. The number of aliphatic hydroxyl groups is 1. The van der Waals surface area contributed by atoms with Gasteiger partial charge in [0.25, 0.3) is 0 Å². The van der Waals surface area contributed by atoms with Gasteiger partial charge in [-0.25, -0.2) is 4.79 Å². The molecule has 1 heterocycles. The molecule has 1 unspecified atom stereocenters. The molecule has 0 aromatic carbocycles. The molecule has 17 heavy (non-hydrogen) atoms. The summed E-state index contributed by atoms with van der Waals surface area (Å²) in [6, 6.07) is 2.44. The van der Waals surface area contributed by atoms with E-state index >= 15 is 0 Å². The first-order chi connectivity index (χ1) is 8.17. The Balaban J connectivity index is 2.51. The van der Waals surface area contributed by atoms with E-state index < -0.39 is 18.6 Å². The van der Waals surface area contributed by atoms with Gasteiger partial charge in [-0.05, 0) is 11.6 Å². The van der Waals surface area contributed by atoms with Crippen LogP contribution < -0.4 is 5.32 Å². The van der Waals surface area contributed by atoms with E-state index in [4.69, 9.17) is 5.11 Å². The van der Waals surface area contributed by atoms with Gasteiger partial charge >= 0.3 is 5.97 Å². The van der Waals surface area contributed by atoms with Crippen molar-refractivity contribution in [3.05, 3.63) is 30.1 Å². The SMILES string of the molecule is COC(=O)C(CO)NC(=O)Cc1cccnc1. The number of pyridine rings is 1. The van der Waals surface area contributed by atoms with Crippen molar-refractivity contribution in [3.8, 4) is 0 Å². The molecular weight excluding hydrogens is 224 g/mol. The minimum absolute atomic E-state index is 0.0985. The van der Waals surface area contributed by atoms with E-state index in [1.165, 1.54) is 7.11 Å². The average molecular weight is 238 g/mol. The fourth-order valence-electron chi connectivity index (χ4n) is 1.25. The first-order valence-electron chi connectivity index (χ1n) is 5.04. The number of nitrogens with zero attached hydrogens (tertiary/aromatic N) is 1. The molecule has 0 saturated carbocycles. The minimum atomic E-state index is -1.02. The van der Waals surface area contributed by atoms with Crippen LogP contribution in [-0.2, 0) is 20.7 Å². The lowest BCUT2D eigenvalue weighted by Gasteiger charge is -2.13. The molecule has 1 rings (SSSR count). The predicted octanol–water partition coefficient (Wildman–Crippen LogP) is -0.726. The van der Waals surface area contributed by atoms with Gasteiger partial charge < -0.3 is 15.2 Å². The van der Waals surface area contributed by atoms with Gasteiger partial charge in [-0.15, -0.1) is 0 Å². The summed E-state index contributed by atoms with van der Waals surface area (Å²) in [7, 11) is 1.19. The maximum Gasteiger partial charge on any atom is 0.330 e. The van der Waals surface area contributed by atoms with Crippen molar-refractivity contribution in [2.24, 2.45) is 0 Å². The van der Waals surface area contributed by atoms with Crippen molar-refractivity contribution >= 4 is 11.9 Å². The summed E-state index contributed by atoms with van der Waals surface area (Å²) < 4.78 is 4.43. The molecule has 0 saturated heterocycles. The van der Waals surface area contributed by atoms with Crippen molar-refractivity contribution in [2.75, 3.05) is 13.7 Å². The molecule has 6 heteroatoms.